The summed E-state index contributed by atoms with van der Waals surface area (Å²) in [5.41, 5.74) is 4.88. The Morgan fingerprint density at radius 2 is 1.35 bits per heavy atom. The van der Waals surface area contributed by atoms with Crippen molar-refractivity contribution in [2.24, 2.45) is 11.7 Å². The van der Waals surface area contributed by atoms with Gasteiger partial charge in [-0.2, -0.15) is 11.8 Å². The maximum atomic E-state index is 12.3. The molecule has 0 bridgehead atoms. The van der Waals surface area contributed by atoms with Gasteiger partial charge in [0.25, 0.3) is 0 Å². The Morgan fingerprint density at radius 3 is 1.79 bits per heavy atom. The van der Waals surface area contributed by atoms with Gasteiger partial charge in [0.15, 0.2) is 0 Å². The molecule has 3 atom stereocenters. The molecule has 0 aliphatic carbocycles. The van der Waals surface area contributed by atoms with Crippen LogP contribution in [0, 0.1) is 5.92 Å². The Bertz CT molecular complexity index is 508. The Kier molecular flexibility index (Phi) is 21.7. The van der Waals surface area contributed by atoms with Gasteiger partial charge in [-0.25, -0.2) is 4.57 Å². The number of ether oxygens (including phenoxy) is 1. The van der Waals surface area contributed by atoms with Gasteiger partial charge in [0.2, 0.25) is 0 Å². The smallest absolute Gasteiger partial charge is 0.384 e. The number of nitrogens with two attached hydrogens (primary N) is 1. The van der Waals surface area contributed by atoms with Crippen molar-refractivity contribution in [3.8, 4) is 0 Å². The zero-order chi connectivity index (χ0) is 25.7. The number of hydrogen-bond acceptors (Lipinski definition) is 6. The summed E-state index contributed by atoms with van der Waals surface area (Å²) in [5.74, 6) is 1.98. The molecule has 34 heavy (non-hydrogen) atoms. The molecule has 0 aliphatic heterocycles. The van der Waals surface area contributed by atoms with Crippen LogP contribution in [0.2, 0.25) is 0 Å². The second-order valence-electron chi connectivity index (χ2n) is 10.2. The Hall–Kier alpha value is 0.380. The van der Waals surface area contributed by atoms with Crippen molar-refractivity contribution < 1.29 is 23.2 Å². The molecule has 0 aromatic rings. The number of phosphoric acid groups is 1. The van der Waals surface area contributed by atoms with Crippen LogP contribution in [-0.2, 0) is 18.3 Å². The molecule has 8 heteroatoms. The standard InChI is InChI=1S/C26H56NO5PS/c1-6-7-8-9-10-11-12-13-14-15-16-17-18-19-20-34-23-25(21-30-5)22-31-33(28,29)32-26(3,4)24(2)27/h24-25H,6-23,27H2,1-5H3,(H,28,29). The summed E-state index contributed by atoms with van der Waals surface area (Å²) in [4.78, 5) is 10.0. The van der Waals surface area contributed by atoms with Crippen LogP contribution in [0.15, 0.2) is 0 Å². The van der Waals surface area contributed by atoms with E-state index in [2.05, 4.69) is 6.92 Å². The zero-order valence-corrected chi connectivity index (χ0v) is 24.6. The summed E-state index contributed by atoms with van der Waals surface area (Å²) in [6.45, 7) is 7.99. The van der Waals surface area contributed by atoms with Crippen LogP contribution in [0.5, 0.6) is 0 Å². The molecule has 0 radical (unpaired) electrons. The minimum absolute atomic E-state index is 0.0455. The van der Waals surface area contributed by atoms with Gasteiger partial charge in [0.1, 0.15) is 0 Å². The van der Waals surface area contributed by atoms with Crippen molar-refractivity contribution in [2.75, 3.05) is 31.8 Å². The molecular formula is C26H56NO5PS. The molecule has 3 unspecified atom stereocenters. The summed E-state index contributed by atoms with van der Waals surface area (Å²) in [7, 11) is -2.53. The van der Waals surface area contributed by atoms with Crippen molar-refractivity contribution >= 4 is 19.6 Å². The highest BCUT2D eigenvalue weighted by Gasteiger charge is 2.35. The summed E-state index contributed by atoms with van der Waals surface area (Å²) >= 11 is 1.86. The van der Waals surface area contributed by atoms with Gasteiger partial charge in [0.05, 0.1) is 18.8 Å². The highest BCUT2D eigenvalue weighted by atomic mass is 32.2. The lowest BCUT2D eigenvalue weighted by Gasteiger charge is -2.31. The van der Waals surface area contributed by atoms with E-state index in [1.54, 1.807) is 27.9 Å². The van der Waals surface area contributed by atoms with Crippen LogP contribution in [0.4, 0.5) is 0 Å². The van der Waals surface area contributed by atoms with Gasteiger partial charge in [-0.15, -0.1) is 0 Å². The molecule has 0 aliphatic rings. The first-order chi connectivity index (χ1) is 16.1. The third-order valence-electron chi connectivity index (χ3n) is 6.32. The maximum absolute atomic E-state index is 12.3. The molecule has 0 spiro atoms. The van der Waals surface area contributed by atoms with E-state index in [0.717, 1.165) is 11.5 Å². The predicted molar refractivity (Wildman–Crippen MR) is 148 cm³/mol. The number of unbranched alkanes of at least 4 members (excludes halogenated alkanes) is 13. The first kappa shape index (κ1) is 34.4. The third kappa shape index (κ3) is 20.6. The minimum Gasteiger partial charge on any atom is -0.384 e. The molecule has 206 valence electrons. The van der Waals surface area contributed by atoms with Crippen molar-refractivity contribution in [3.05, 3.63) is 0 Å². The number of methoxy groups -OCH3 is 1. The van der Waals surface area contributed by atoms with E-state index in [9.17, 15) is 9.46 Å². The fourth-order valence-electron chi connectivity index (χ4n) is 3.64. The number of hydrogen-bond donors (Lipinski definition) is 2. The highest BCUT2D eigenvalue weighted by molar-refractivity contribution is 7.99. The van der Waals surface area contributed by atoms with E-state index < -0.39 is 19.5 Å². The highest BCUT2D eigenvalue weighted by Crippen LogP contribution is 2.48. The van der Waals surface area contributed by atoms with E-state index in [4.69, 9.17) is 19.5 Å². The predicted octanol–water partition coefficient (Wildman–Crippen LogP) is 7.72. The van der Waals surface area contributed by atoms with E-state index in [1.807, 2.05) is 11.8 Å². The topological polar surface area (TPSA) is 91.0 Å². The molecule has 0 aromatic heterocycles. The Morgan fingerprint density at radius 1 is 0.882 bits per heavy atom. The molecule has 3 N–H and O–H groups in total. The number of thioether (sulfide) groups is 1. The summed E-state index contributed by atoms with van der Waals surface area (Å²) in [6, 6.07) is -0.396. The van der Waals surface area contributed by atoms with Crippen LogP contribution < -0.4 is 5.73 Å². The maximum Gasteiger partial charge on any atom is 0.472 e. The van der Waals surface area contributed by atoms with E-state index in [1.165, 1.54) is 89.9 Å². The van der Waals surface area contributed by atoms with Gasteiger partial charge in [-0.05, 0) is 32.9 Å². The molecule has 0 saturated heterocycles. The summed E-state index contributed by atoms with van der Waals surface area (Å²) in [5, 5.41) is 0. The number of phosphoric ester groups is 1. The van der Waals surface area contributed by atoms with E-state index in [0.29, 0.717) is 6.61 Å². The van der Waals surface area contributed by atoms with Crippen LogP contribution >= 0.6 is 19.6 Å². The summed E-state index contributed by atoms with van der Waals surface area (Å²) < 4.78 is 28.1. The lowest BCUT2D eigenvalue weighted by atomic mass is 10.0. The Labute approximate surface area is 215 Å². The summed E-state index contributed by atoms with van der Waals surface area (Å²) in [6.07, 6.45) is 19.2. The van der Waals surface area contributed by atoms with Crippen LogP contribution in [0.1, 0.15) is 118 Å². The second kappa shape index (κ2) is 21.5. The lowest BCUT2D eigenvalue weighted by Crippen LogP contribution is -2.42. The quantitative estimate of drug-likeness (QED) is 0.0931. The van der Waals surface area contributed by atoms with Crippen molar-refractivity contribution in [2.45, 2.75) is 129 Å². The fourth-order valence-corrected chi connectivity index (χ4v) is 5.95. The van der Waals surface area contributed by atoms with Crippen molar-refractivity contribution in [1.82, 2.24) is 0 Å². The SMILES string of the molecule is CCCCCCCCCCCCCCCCSCC(COC)COP(=O)(O)OC(C)(C)C(C)N. The normalized spacial score (nSPS) is 15.9. The molecule has 0 fully saturated rings. The third-order valence-corrected chi connectivity index (χ3v) is 8.78. The van der Waals surface area contributed by atoms with Crippen LogP contribution in [-0.4, -0.2) is 48.4 Å². The van der Waals surface area contributed by atoms with Crippen LogP contribution in [0.25, 0.3) is 0 Å². The van der Waals surface area contributed by atoms with Gasteiger partial charge >= 0.3 is 7.82 Å². The Balaban J connectivity index is 3.74. The molecule has 0 saturated carbocycles. The second-order valence-corrected chi connectivity index (χ2v) is 12.8. The monoisotopic (exact) mass is 525 g/mol. The minimum atomic E-state index is -4.17. The van der Waals surface area contributed by atoms with Crippen LogP contribution in [0.3, 0.4) is 0 Å². The largest absolute Gasteiger partial charge is 0.472 e. The van der Waals surface area contributed by atoms with Gasteiger partial charge in [0, 0.05) is 24.8 Å². The first-order valence-electron chi connectivity index (χ1n) is 13.6. The molecule has 0 amide bonds. The number of rotatable bonds is 25. The molecule has 0 heterocycles. The van der Waals surface area contributed by atoms with Crippen molar-refractivity contribution in [3.63, 3.8) is 0 Å². The average Bonchev–Trinajstić information content (AvgIpc) is 2.76. The van der Waals surface area contributed by atoms with E-state index in [-0.39, 0.29) is 12.5 Å². The van der Waals surface area contributed by atoms with Gasteiger partial charge < -0.3 is 15.4 Å². The lowest BCUT2D eigenvalue weighted by molar-refractivity contribution is 0.0254. The average molecular weight is 526 g/mol. The van der Waals surface area contributed by atoms with Crippen molar-refractivity contribution in [1.29, 1.82) is 0 Å². The fraction of sp³-hybridized carbons (Fsp3) is 1.00. The zero-order valence-electron chi connectivity index (χ0n) is 22.9. The molecule has 6 nitrogen and oxygen atoms in total. The first-order valence-corrected chi connectivity index (χ1v) is 16.3. The molecular weight excluding hydrogens is 469 g/mol. The van der Waals surface area contributed by atoms with E-state index >= 15 is 0 Å². The molecule has 0 aromatic carbocycles. The molecule has 0 rings (SSSR count). The van der Waals surface area contributed by atoms with Gasteiger partial charge in [-0.3, -0.25) is 9.05 Å². The van der Waals surface area contributed by atoms with Gasteiger partial charge in [-0.1, -0.05) is 90.4 Å².